The Morgan fingerprint density at radius 3 is 1.86 bits per heavy atom. The van der Waals surface area contributed by atoms with Gasteiger partial charge < -0.3 is 0 Å². The SMILES string of the molecule is CC1(C)[C@H]2CC[C@]1(C)C(=O)C2C12CC3CC(CC(C3)C1)C2. The van der Waals surface area contributed by atoms with E-state index in [0.717, 1.165) is 24.2 Å². The quantitative estimate of drug-likeness (QED) is 0.674. The van der Waals surface area contributed by atoms with Gasteiger partial charge in [0.25, 0.3) is 0 Å². The van der Waals surface area contributed by atoms with Crippen molar-refractivity contribution in [2.75, 3.05) is 0 Å². The average molecular weight is 286 g/mol. The maximum absolute atomic E-state index is 13.4. The van der Waals surface area contributed by atoms with Crippen LogP contribution in [0.1, 0.15) is 72.1 Å². The highest BCUT2D eigenvalue weighted by atomic mass is 16.1. The van der Waals surface area contributed by atoms with E-state index in [9.17, 15) is 4.79 Å². The van der Waals surface area contributed by atoms with E-state index in [1.54, 1.807) is 0 Å². The number of ketones is 1. The van der Waals surface area contributed by atoms with Crippen molar-refractivity contribution in [3.63, 3.8) is 0 Å². The van der Waals surface area contributed by atoms with Gasteiger partial charge in [0.2, 0.25) is 0 Å². The topological polar surface area (TPSA) is 17.1 Å². The second-order valence-electron chi connectivity index (χ2n) is 10.3. The Kier molecular flexibility index (Phi) is 2.25. The van der Waals surface area contributed by atoms with Crippen molar-refractivity contribution in [1.82, 2.24) is 0 Å². The van der Waals surface area contributed by atoms with E-state index in [0.29, 0.717) is 23.0 Å². The summed E-state index contributed by atoms with van der Waals surface area (Å²) in [6.45, 7) is 7.11. The Bertz CT molecular complexity index is 481. The molecule has 1 heteroatoms. The van der Waals surface area contributed by atoms with Crippen LogP contribution in [0.25, 0.3) is 0 Å². The summed E-state index contributed by atoms with van der Waals surface area (Å²) in [6.07, 6.45) is 11.2. The van der Waals surface area contributed by atoms with Crippen LogP contribution in [-0.4, -0.2) is 5.78 Å². The summed E-state index contributed by atoms with van der Waals surface area (Å²) in [7, 11) is 0. The van der Waals surface area contributed by atoms with Gasteiger partial charge in [-0.05, 0) is 85.9 Å². The van der Waals surface area contributed by atoms with Crippen LogP contribution in [0.15, 0.2) is 0 Å². The van der Waals surface area contributed by atoms with Crippen LogP contribution < -0.4 is 0 Å². The van der Waals surface area contributed by atoms with Crippen molar-refractivity contribution in [2.24, 2.45) is 45.8 Å². The van der Waals surface area contributed by atoms with Crippen molar-refractivity contribution in [1.29, 1.82) is 0 Å². The molecule has 0 radical (unpaired) electrons. The van der Waals surface area contributed by atoms with E-state index in [1.165, 1.54) is 44.9 Å². The number of Topliss-reactive ketones (excluding diaryl/α,β-unsaturated/α-hetero) is 1. The highest BCUT2D eigenvalue weighted by Crippen LogP contribution is 2.73. The zero-order valence-electron chi connectivity index (χ0n) is 14.0. The first-order valence-electron chi connectivity index (χ1n) is 9.40. The number of carbonyl (C=O) groups is 1. The molecule has 0 amide bonds. The number of rotatable bonds is 1. The molecule has 0 aromatic carbocycles. The molecule has 6 bridgehead atoms. The molecule has 1 nitrogen and oxygen atoms in total. The molecule has 6 rings (SSSR count). The molecule has 6 aliphatic carbocycles. The lowest BCUT2D eigenvalue weighted by Crippen LogP contribution is -2.53. The normalized spacial score (nSPS) is 60.0. The lowest BCUT2D eigenvalue weighted by molar-refractivity contribution is -0.147. The fourth-order valence-electron chi connectivity index (χ4n) is 8.35. The summed E-state index contributed by atoms with van der Waals surface area (Å²) >= 11 is 0. The van der Waals surface area contributed by atoms with Gasteiger partial charge in [0, 0.05) is 11.3 Å². The van der Waals surface area contributed by atoms with E-state index in [-0.39, 0.29) is 10.8 Å². The maximum atomic E-state index is 13.4. The van der Waals surface area contributed by atoms with Gasteiger partial charge in [0.1, 0.15) is 5.78 Å². The van der Waals surface area contributed by atoms with Gasteiger partial charge in [-0.15, -0.1) is 0 Å². The third kappa shape index (κ3) is 1.34. The fourth-order valence-corrected chi connectivity index (χ4v) is 8.35. The molecule has 0 aliphatic heterocycles. The first-order chi connectivity index (χ1) is 9.86. The summed E-state index contributed by atoms with van der Waals surface area (Å²) in [5.41, 5.74) is 0.676. The summed E-state index contributed by atoms with van der Waals surface area (Å²) in [5, 5.41) is 0. The summed E-state index contributed by atoms with van der Waals surface area (Å²) < 4.78 is 0. The molecular formula is C20H30O. The van der Waals surface area contributed by atoms with Gasteiger partial charge in [-0.3, -0.25) is 4.79 Å². The molecule has 0 spiro atoms. The smallest absolute Gasteiger partial charge is 0.143 e. The Hall–Kier alpha value is -0.330. The molecule has 116 valence electrons. The third-order valence-corrected chi connectivity index (χ3v) is 9.28. The predicted molar refractivity (Wildman–Crippen MR) is 83.7 cm³/mol. The van der Waals surface area contributed by atoms with Crippen molar-refractivity contribution >= 4 is 5.78 Å². The van der Waals surface area contributed by atoms with E-state index in [4.69, 9.17) is 0 Å². The minimum absolute atomic E-state index is 0.00827. The third-order valence-electron chi connectivity index (χ3n) is 9.28. The van der Waals surface area contributed by atoms with Crippen molar-refractivity contribution < 1.29 is 4.79 Å². The zero-order chi connectivity index (χ0) is 14.6. The molecule has 0 aromatic rings. The molecule has 1 unspecified atom stereocenters. The van der Waals surface area contributed by atoms with Gasteiger partial charge >= 0.3 is 0 Å². The van der Waals surface area contributed by atoms with Crippen molar-refractivity contribution in [3.05, 3.63) is 0 Å². The Morgan fingerprint density at radius 2 is 1.43 bits per heavy atom. The second-order valence-corrected chi connectivity index (χ2v) is 10.3. The Labute approximate surface area is 129 Å². The zero-order valence-corrected chi connectivity index (χ0v) is 14.0. The van der Waals surface area contributed by atoms with Gasteiger partial charge in [-0.25, -0.2) is 0 Å². The highest BCUT2D eigenvalue weighted by molar-refractivity contribution is 5.92. The van der Waals surface area contributed by atoms with E-state index in [1.807, 2.05) is 0 Å². The van der Waals surface area contributed by atoms with Crippen LogP contribution in [0.3, 0.4) is 0 Å². The summed E-state index contributed by atoms with van der Waals surface area (Å²) in [6, 6.07) is 0. The minimum atomic E-state index is -0.00827. The van der Waals surface area contributed by atoms with Crippen LogP contribution in [0.2, 0.25) is 0 Å². The van der Waals surface area contributed by atoms with Gasteiger partial charge in [-0.2, -0.15) is 0 Å². The van der Waals surface area contributed by atoms with Gasteiger partial charge in [0.05, 0.1) is 0 Å². The van der Waals surface area contributed by atoms with Crippen LogP contribution in [0, 0.1) is 45.8 Å². The van der Waals surface area contributed by atoms with Crippen molar-refractivity contribution in [3.8, 4) is 0 Å². The molecule has 0 heterocycles. The molecule has 21 heavy (non-hydrogen) atoms. The summed E-state index contributed by atoms with van der Waals surface area (Å²) in [4.78, 5) is 13.4. The van der Waals surface area contributed by atoms with Gasteiger partial charge in [-0.1, -0.05) is 20.8 Å². The first-order valence-corrected chi connectivity index (χ1v) is 9.40. The molecule has 6 fully saturated rings. The van der Waals surface area contributed by atoms with E-state index in [2.05, 4.69) is 20.8 Å². The van der Waals surface area contributed by atoms with E-state index < -0.39 is 0 Å². The van der Waals surface area contributed by atoms with Crippen LogP contribution in [0.5, 0.6) is 0 Å². The molecule has 0 aromatic heterocycles. The molecule has 6 saturated carbocycles. The summed E-state index contributed by atoms with van der Waals surface area (Å²) in [5.74, 6) is 4.72. The van der Waals surface area contributed by atoms with E-state index >= 15 is 0 Å². The Morgan fingerprint density at radius 1 is 0.905 bits per heavy atom. The molecule has 3 atom stereocenters. The molecule has 0 N–H and O–H groups in total. The standard InChI is InChI=1S/C20H30O/c1-18(2)15-4-5-19(18,3)17(21)16(15)20-9-12-6-13(10-20)8-14(7-12)11-20/h12-16H,4-11H2,1-3H3/t12?,13?,14?,15-,16?,19+,20?/m0/s1. The molecular weight excluding hydrogens is 256 g/mol. The highest BCUT2D eigenvalue weighted by Gasteiger charge is 2.71. The molecule has 0 saturated heterocycles. The fraction of sp³-hybridized carbons (Fsp3) is 0.950. The van der Waals surface area contributed by atoms with Crippen molar-refractivity contribution in [2.45, 2.75) is 72.1 Å². The number of fused-ring (bicyclic) bond motifs is 2. The maximum Gasteiger partial charge on any atom is 0.143 e. The lowest BCUT2D eigenvalue weighted by Gasteiger charge is -2.60. The largest absolute Gasteiger partial charge is 0.299 e. The molecule has 6 aliphatic rings. The monoisotopic (exact) mass is 286 g/mol. The first kappa shape index (κ1) is 13.1. The minimum Gasteiger partial charge on any atom is -0.299 e. The lowest BCUT2D eigenvalue weighted by atomic mass is 9.44. The van der Waals surface area contributed by atoms with Crippen LogP contribution in [-0.2, 0) is 4.79 Å². The second kappa shape index (κ2) is 3.60. The average Bonchev–Trinajstić information content (AvgIpc) is 2.69. The van der Waals surface area contributed by atoms with Crippen LogP contribution >= 0.6 is 0 Å². The Balaban J connectivity index is 1.58. The van der Waals surface area contributed by atoms with Gasteiger partial charge in [0.15, 0.2) is 0 Å². The van der Waals surface area contributed by atoms with Crippen LogP contribution in [0.4, 0.5) is 0 Å². The predicted octanol–water partition coefficient (Wildman–Crippen LogP) is 4.84. The number of hydrogen-bond donors (Lipinski definition) is 0. The number of hydrogen-bond acceptors (Lipinski definition) is 1. The number of carbonyl (C=O) groups excluding carboxylic acids is 1.